The minimum Gasteiger partial charge on any atom is -0.505 e. The van der Waals surface area contributed by atoms with Gasteiger partial charge < -0.3 is 9.84 Å². The van der Waals surface area contributed by atoms with Crippen molar-refractivity contribution in [3.8, 4) is 5.75 Å². The van der Waals surface area contributed by atoms with Crippen molar-refractivity contribution >= 4 is 33.0 Å². The van der Waals surface area contributed by atoms with Crippen LogP contribution in [0.3, 0.4) is 0 Å². The molecule has 0 unspecified atom stereocenters. The molecule has 1 aromatic rings. The molecule has 0 spiro atoms. The van der Waals surface area contributed by atoms with E-state index in [9.17, 15) is 5.11 Å². The van der Waals surface area contributed by atoms with Crippen LogP contribution >= 0.6 is 27.3 Å². The molecular weight excluding hydrogens is 240 g/mol. The molecule has 1 heterocycles. The van der Waals surface area contributed by atoms with Crippen LogP contribution in [0.2, 0.25) is 0 Å². The monoisotopic (exact) mass is 248 g/mol. The Bertz CT molecular complexity index is 317. The van der Waals surface area contributed by atoms with Crippen molar-refractivity contribution in [1.82, 2.24) is 0 Å². The van der Waals surface area contributed by atoms with Gasteiger partial charge in [0.25, 0.3) is 0 Å². The summed E-state index contributed by atoms with van der Waals surface area (Å²) >= 11 is 4.71. The lowest BCUT2D eigenvalue weighted by Crippen LogP contribution is -1.79. The third kappa shape index (κ3) is 1.49. The maximum atomic E-state index is 9.54. The number of aromatic hydroxyl groups is 1. The molecule has 0 aromatic carbocycles. The van der Waals surface area contributed by atoms with E-state index < -0.39 is 0 Å². The molecule has 0 amide bonds. The Balaban J connectivity index is 3.17. The minimum absolute atomic E-state index is 0.212. The first-order valence-corrected chi connectivity index (χ1v) is 4.90. The van der Waals surface area contributed by atoms with Gasteiger partial charge in [0.05, 0.1) is 11.6 Å². The summed E-state index contributed by atoms with van der Waals surface area (Å²) in [7, 11) is 1.53. The van der Waals surface area contributed by atoms with Gasteiger partial charge in [-0.3, -0.25) is 0 Å². The SMILES string of the molecule is C=C(OC)c1sc(C)c(Br)c1O. The Morgan fingerprint density at radius 2 is 2.25 bits per heavy atom. The summed E-state index contributed by atoms with van der Waals surface area (Å²) in [6.45, 7) is 5.58. The number of ether oxygens (including phenoxy) is 1. The zero-order valence-corrected chi connectivity index (χ0v) is 9.25. The molecule has 0 bridgehead atoms. The lowest BCUT2D eigenvalue weighted by Gasteiger charge is -2.00. The second-order valence-electron chi connectivity index (χ2n) is 2.28. The zero-order valence-electron chi connectivity index (χ0n) is 6.85. The average Bonchev–Trinajstić information content (AvgIpc) is 2.32. The Hall–Kier alpha value is -0.480. The highest BCUT2D eigenvalue weighted by atomic mass is 79.9. The Labute approximate surface area is 83.6 Å². The van der Waals surface area contributed by atoms with E-state index in [2.05, 4.69) is 22.5 Å². The van der Waals surface area contributed by atoms with E-state index in [1.54, 1.807) is 0 Å². The lowest BCUT2D eigenvalue weighted by molar-refractivity contribution is 0.369. The third-order valence-corrected chi connectivity index (χ3v) is 3.86. The van der Waals surface area contributed by atoms with Gasteiger partial charge in [-0.25, -0.2) is 0 Å². The van der Waals surface area contributed by atoms with Crippen molar-refractivity contribution in [3.63, 3.8) is 0 Å². The number of hydrogen-bond donors (Lipinski definition) is 1. The van der Waals surface area contributed by atoms with Crippen LogP contribution in [0.15, 0.2) is 11.1 Å². The van der Waals surface area contributed by atoms with Crippen LogP contribution in [0, 0.1) is 6.92 Å². The number of hydrogen-bond acceptors (Lipinski definition) is 3. The van der Waals surface area contributed by atoms with E-state index in [1.165, 1.54) is 18.4 Å². The van der Waals surface area contributed by atoms with E-state index in [4.69, 9.17) is 4.74 Å². The highest BCUT2D eigenvalue weighted by Crippen LogP contribution is 2.41. The van der Waals surface area contributed by atoms with Crippen molar-refractivity contribution < 1.29 is 9.84 Å². The predicted octanol–water partition coefficient (Wildman–Crippen LogP) is 3.14. The number of methoxy groups -OCH3 is 1. The highest BCUT2D eigenvalue weighted by Gasteiger charge is 2.15. The van der Waals surface area contributed by atoms with Crippen molar-refractivity contribution in [2.75, 3.05) is 7.11 Å². The quantitative estimate of drug-likeness (QED) is 0.816. The van der Waals surface area contributed by atoms with Gasteiger partial charge >= 0.3 is 0 Å². The topological polar surface area (TPSA) is 29.5 Å². The molecule has 12 heavy (non-hydrogen) atoms. The van der Waals surface area contributed by atoms with Gasteiger partial charge in [-0.05, 0) is 22.9 Å². The summed E-state index contributed by atoms with van der Waals surface area (Å²) in [6, 6.07) is 0. The van der Waals surface area contributed by atoms with Gasteiger partial charge in [0.15, 0.2) is 5.75 Å². The van der Waals surface area contributed by atoms with Gasteiger partial charge in [-0.1, -0.05) is 6.58 Å². The summed E-state index contributed by atoms with van der Waals surface area (Å²) in [5.74, 6) is 0.704. The van der Waals surface area contributed by atoms with Crippen LogP contribution in [-0.4, -0.2) is 12.2 Å². The minimum atomic E-state index is 0.212. The molecule has 0 aliphatic carbocycles. The fraction of sp³-hybridized carbons (Fsp3) is 0.250. The van der Waals surface area contributed by atoms with Crippen LogP contribution in [0.4, 0.5) is 0 Å². The molecule has 0 aliphatic rings. The second-order valence-corrected chi connectivity index (χ2v) is 4.30. The molecule has 0 fully saturated rings. The molecule has 0 radical (unpaired) electrons. The molecule has 66 valence electrons. The van der Waals surface area contributed by atoms with Gasteiger partial charge in [-0.2, -0.15) is 0 Å². The van der Waals surface area contributed by atoms with Crippen LogP contribution in [-0.2, 0) is 4.74 Å². The normalized spacial score (nSPS) is 9.92. The molecule has 4 heteroatoms. The lowest BCUT2D eigenvalue weighted by atomic mass is 10.3. The summed E-state index contributed by atoms with van der Waals surface area (Å²) in [5, 5.41) is 9.54. The van der Waals surface area contributed by atoms with E-state index >= 15 is 0 Å². The van der Waals surface area contributed by atoms with Crippen LogP contribution in [0.5, 0.6) is 5.75 Å². The van der Waals surface area contributed by atoms with Crippen molar-refractivity contribution in [1.29, 1.82) is 0 Å². The first kappa shape index (κ1) is 9.61. The van der Waals surface area contributed by atoms with Gasteiger partial charge in [0, 0.05) is 4.88 Å². The van der Waals surface area contributed by atoms with Crippen LogP contribution in [0.25, 0.3) is 5.76 Å². The first-order chi connectivity index (χ1) is 5.57. The van der Waals surface area contributed by atoms with Crippen molar-refractivity contribution in [2.24, 2.45) is 0 Å². The predicted molar refractivity (Wildman–Crippen MR) is 54.5 cm³/mol. The summed E-state index contributed by atoms with van der Waals surface area (Å²) in [6.07, 6.45) is 0. The second kappa shape index (κ2) is 3.49. The number of halogens is 1. The Morgan fingerprint density at radius 1 is 1.67 bits per heavy atom. The van der Waals surface area contributed by atoms with Crippen molar-refractivity contribution in [3.05, 3.63) is 20.8 Å². The number of thiophene rings is 1. The largest absolute Gasteiger partial charge is 0.505 e. The Kier molecular flexibility index (Phi) is 2.80. The number of aryl methyl sites for hydroxylation is 1. The van der Waals surface area contributed by atoms with E-state index in [-0.39, 0.29) is 5.75 Å². The summed E-state index contributed by atoms with van der Waals surface area (Å²) < 4.78 is 5.64. The highest BCUT2D eigenvalue weighted by molar-refractivity contribution is 9.10. The third-order valence-electron chi connectivity index (χ3n) is 1.49. The maximum absolute atomic E-state index is 9.54. The fourth-order valence-electron chi connectivity index (χ4n) is 0.794. The number of rotatable bonds is 2. The zero-order chi connectivity index (χ0) is 9.30. The molecule has 2 nitrogen and oxygen atoms in total. The molecule has 0 saturated carbocycles. The molecule has 0 aliphatic heterocycles. The van der Waals surface area contributed by atoms with E-state index in [0.717, 1.165) is 9.35 Å². The summed E-state index contributed by atoms with van der Waals surface area (Å²) in [5.41, 5.74) is 0. The van der Waals surface area contributed by atoms with Gasteiger partial charge in [-0.15, -0.1) is 11.3 Å². The molecular formula is C8H9BrO2S. The summed E-state index contributed by atoms with van der Waals surface area (Å²) in [4.78, 5) is 1.70. The molecule has 1 rings (SSSR count). The average molecular weight is 249 g/mol. The van der Waals surface area contributed by atoms with Gasteiger partial charge in [0.2, 0.25) is 0 Å². The molecule has 0 saturated heterocycles. The molecule has 1 N–H and O–H groups in total. The fourth-order valence-corrected chi connectivity index (χ4v) is 2.25. The van der Waals surface area contributed by atoms with Gasteiger partial charge in [0.1, 0.15) is 10.6 Å². The smallest absolute Gasteiger partial charge is 0.151 e. The van der Waals surface area contributed by atoms with Crippen LogP contribution < -0.4 is 0 Å². The first-order valence-electron chi connectivity index (χ1n) is 3.29. The van der Waals surface area contributed by atoms with E-state index in [1.807, 2.05) is 6.92 Å². The van der Waals surface area contributed by atoms with Crippen LogP contribution in [0.1, 0.15) is 9.75 Å². The van der Waals surface area contributed by atoms with Crippen molar-refractivity contribution in [2.45, 2.75) is 6.92 Å². The Morgan fingerprint density at radius 3 is 2.58 bits per heavy atom. The molecule has 1 aromatic heterocycles. The van der Waals surface area contributed by atoms with E-state index in [0.29, 0.717) is 10.6 Å². The maximum Gasteiger partial charge on any atom is 0.151 e. The standard InChI is InChI=1S/C8H9BrO2S/c1-4(11-3)8-7(10)6(9)5(2)12-8/h10H,1H2,2-3H3. The molecule has 0 atom stereocenters.